The Labute approximate surface area is 141 Å². The molecule has 0 unspecified atom stereocenters. The van der Waals surface area contributed by atoms with E-state index >= 15 is 0 Å². The lowest BCUT2D eigenvalue weighted by molar-refractivity contribution is -0.129. The van der Waals surface area contributed by atoms with Crippen molar-refractivity contribution < 1.29 is 9.53 Å². The molecule has 1 aliphatic heterocycles. The molecule has 0 atom stereocenters. The Kier molecular flexibility index (Phi) is 4.79. The van der Waals surface area contributed by atoms with Crippen molar-refractivity contribution in [3.8, 4) is 5.75 Å². The van der Waals surface area contributed by atoms with E-state index in [0.717, 1.165) is 30.3 Å². The molecule has 0 spiro atoms. The van der Waals surface area contributed by atoms with Crippen LogP contribution in [-0.4, -0.2) is 54.1 Å². The third-order valence-corrected chi connectivity index (χ3v) is 4.07. The summed E-state index contributed by atoms with van der Waals surface area (Å²) >= 11 is 0. The van der Waals surface area contributed by atoms with Crippen LogP contribution in [0.4, 0.5) is 17.3 Å². The second-order valence-corrected chi connectivity index (χ2v) is 5.58. The number of anilines is 3. The maximum atomic E-state index is 11.4. The summed E-state index contributed by atoms with van der Waals surface area (Å²) in [4.78, 5) is 24.1. The van der Waals surface area contributed by atoms with Gasteiger partial charge in [0.05, 0.1) is 12.8 Å². The zero-order valence-electron chi connectivity index (χ0n) is 13.9. The van der Waals surface area contributed by atoms with Crippen LogP contribution in [0.2, 0.25) is 0 Å². The molecule has 1 amide bonds. The summed E-state index contributed by atoms with van der Waals surface area (Å²) in [5.41, 5.74) is 0.853. The number of ether oxygens (including phenoxy) is 1. The highest BCUT2D eigenvalue weighted by Crippen LogP contribution is 2.27. The Balaban J connectivity index is 1.72. The number of nitrogens with one attached hydrogen (secondary N) is 1. The van der Waals surface area contributed by atoms with Crippen LogP contribution in [0.3, 0.4) is 0 Å². The van der Waals surface area contributed by atoms with Crippen LogP contribution in [0.5, 0.6) is 5.75 Å². The second kappa shape index (κ2) is 7.16. The monoisotopic (exact) mass is 327 g/mol. The van der Waals surface area contributed by atoms with Gasteiger partial charge in [-0.2, -0.15) is 0 Å². The Morgan fingerprint density at radius 2 is 1.92 bits per heavy atom. The molecule has 1 aromatic carbocycles. The number of methoxy groups -OCH3 is 1. The van der Waals surface area contributed by atoms with E-state index in [1.807, 2.05) is 35.2 Å². The van der Waals surface area contributed by atoms with Gasteiger partial charge in [0.2, 0.25) is 5.91 Å². The van der Waals surface area contributed by atoms with Gasteiger partial charge >= 0.3 is 0 Å². The van der Waals surface area contributed by atoms with Crippen molar-refractivity contribution in [2.75, 3.05) is 43.5 Å². The summed E-state index contributed by atoms with van der Waals surface area (Å²) in [5, 5.41) is 3.26. The highest BCUT2D eigenvalue weighted by molar-refractivity contribution is 5.73. The normalized spacial score (nSPS) is 14.4. The number of carbonyl (C=O) groups is 1. The van der Waals surface area contributed by atoms with Gasteiger partial charge in [0.15, 0.2) is 0 Å². The fourth-order valence-corrected chi connectivity index (χ4v) is 2.72. The number of nitrogens with zero attached hydrogens (tertiary/aromatic N) is 4. The molecule has 0 saturated carbocycles. The first-order chi connectivity index (χ1) is 11.7. The Hall–Kier alpha value is -2.83. The highest BCUT2D eigenvalue weighted by Gasteiger charge is 2.19. The standard InChI is InChI=1S/C17H21N5O2/c1-13(23)21-7-9-22(10-8-21)17-11-16(18-12-19-17)20-14-5-3-4-6-15(14)24-2/h3-6,11-12H,7-10H2,1-2H3,(H,18,19,20). The summed E-state index contributed by atoms with van der Waals surface area (Å²) in [6.45, 7) is 4.58. The third kappa shape index (κ3) is 3.56. The molecule has 24 heavy (non-hydrogen) atoms. The lowest BCUT2D eigenvalue weighted by atomic mass is 10.3. The molecule has 3 rings (SSSR count). The topological polar surface area (TPSA) is 70.6 Å². The molecule has 1 N–H and O–H groups in total. The third-order valence-electron chi connectivity index (χ3n) is 4.07. The first kappa shape index (κ1) is 16.0. The van der Waals surface area contributed by atoms with Crippen LogP contribution in [0, 0.1) is 0 Å². The van der Waals surface area contributed by atoms with Gasteiger partial charge in [0, 0.05) is 39.2 Å². The van der Waals surface area contributed by atoms with Crippen LogP contribution in [-0.2, 0) is 4.79 Å². The molecule has 0 aliphatic carbocycles. The van der Waals surface area contributed by atoms with Crippen LogP contribution < -0.4 is 15.0 Å². The van der Waals surface area contributed by atoms with Crippen LogP contribution >= 0.6 is 0 Å². The van der Waals surface area contributed by atoms with Gasteiger partial charge in [-0.1, -0.05) is 12.1 Å². The van der Waals surface area contributed by atoms with Crippen molar-refractivity contribution in [3.63, 3.8) is 0 Å². The Bertz CT molecular complexity index is 714. The van der Waals surface area contributed by atoms with E-state index in [2.05, 4.69) is 20.2 Å². The molecule has 0 bridgehead atoms. The Morgan fingerprint density at radius 3 is 2.62 bits per heavy atom. The average Bonchev–Trinajstić information content (AvgIpc) is 2.62. The zero-order valence-corrected chi connectivity index (χ0v) is 13.9. The molecule has 7 heteroatoms. The van der Waals surface area contributed by atoms with Gasteiger partial charge in [-0.25, -0.2) is 9.97 Å². The number of para-hydroxylation sites is 2. The maximum Gasteiger partial charge on any atom is 0.219 e. The minimum atomic E-state index is 0.121. The largest absolute Gasteiger partial charge is 0.495 e. The molecule has 1 aliphatic rings. The number of rotatable bonds is 4. The second-order valence-electron chi connectivity index (χ2n) is 5.58. The number of aromatic nitrogens is 2. The van der Waals surface area contributed by atoms with Gasteiger partial charge < -0.3 is 19.9 Å². The van der Waals surface area contributed by atoms with Gasteiger partial charge in [0.1, 0.15) is 23.7 Å². The van der Waals surface area contributed by atoms with Gasteiger partial charge in [0.25, 0.3) is 0 Å². The molecule has 126 valence electrons. The van der Waals surface area contributed by atoms with E-state index in [-0.39, 0.29) is 5.91 Å². The molecule has 1 fully saturated rings. The van der Waals surface area contributed by atoms with Crippen molar-refractivity contribution >= 4 is 23.2 Å². The SMILES string of the molecule is COc1ccccc1Nc1cc(N2CCN(C(C)=O)CC2)ncn1. The quantitative estimate of drug-likeness (QED) is 0.925. The van der Waals surface area contributed by atoms with Gasteiger partial charge in [-0.15, -0.1) is 0 Å². The molecule has 1 saturated heterocycles. The summed E-state index contributed by atoms with van der Waals surface area (Å²) in [7, 11) is 1.64. The van der Waals surface area contributed by atoms with Gasteiger partial charge in [-0.05, 0) is 12.1 Å². The van der Waals surface area contributed by atoms with Gasteiger partial charge in [-0.3, -0.25) is 4.79 Å². The number of benzene rings is 1. The van der Waals surface area contributed by atoms with E-state index in [1.165, 1.54) is 0 Å². The molecule has 2 aromatic rings. The summed E-state index contributed by atoms with van der Waals surface area (Å²) < 4.78 is 5.34. The van der Waals surface area contributed by atoms with Crippen LogP contribution in [0.25, 0.3) is 0 Å². The van der Waals surface area contributed by atoms with E-state index < -0.39 is 0 Å². The number of hydrogen-bond acceptors (Lipinski definition) is 6. The fourth-order valence-electron chi connectivity index (χ4n) is 2.72. The number of piperazine rings is 1. The van der Waals surface area contributed by atoms with E-state index in [0.29, 0.717) is 18.9 Å². The van der Waals surface area contributed by atoms with E-state index in [4.69, 9.17) is 4.74 Å². The first-order valence-electron chi connectivity index (χ1n) is 7.90. The molecule has 1 aromatic heterocycles. The number of hydrogen-bond donors (Lipinski definition) is 1. The molecular weight excluding hydrogens is 306 g/mol. The predicted molar refractivity (Wildman–Crippen MR) is 92.8 cm³/mol. The lowest BCUT2D eigenvalue weighted by Gasteiger charge is -2.34. The molecule has 7 nitrogen and oxygen atoms in total. The lowest BCUT2D eigenvalue weighted by Crippen LogP contribution is -2.48. The fraction of sp³-hybridized carbons (Fsp3) is 0.353. The van der Waals surface area contributed by atoms with E-state index in [9.17, 15) is 4.79 Å². The minimum Gasteiger partial charge on any atom is -0.495 e. The average molecular weight is 327 g/mol. The molecule has 2 heterocycles. The number of carbonyl (C=O) groups excluding carboxylic acids is 1. The van der Waals surface area contributed by atoms with Crippen molar-refractivity contribution in [3.05, 3.63) is 36.7 Å². The Morgan fingerprint density at radius 1 is 1.17 bits per heavy atom. The van der Waals surface area contributed by atoms with Crippen LogP contribution in [0.15, 0.2) is 36.7 Å². The van der Waals surface area contributed by atoms with E-state index in [1.54, 1.807) is 20.4 Å². The van der Waals surface area contributed by atoms with Crippen LogP contribution in [0.1, 0.15) is 6.92 Å². The predicted octanol–water partition coefficient (Wildman–Crippen LogP) is 1.90. The maximum absolute atomic E-state index is 11.4. The first-order valence-corrected chi connectivity index (χ1v) is 7.90. The summed E-state index contributed by atoms with van der Waals surface area (Å²) in [6, 6.07) is 9.60. The number of amides is 1. The smallest absolute Gasteiger partial charge is 0.219 e. The summed E-state index contributed by atoms with van der Waals surface area (Å²) in [5.74, 6) is 2.44. The van der Waals surface area contributed by atoms with Crippen molar-refractivity contribution in [2.24, 2.45) is 0 Å². The summed E-state index contributed by atoms with van der Waals surface area (Å²) in [6.07, 6.45) is 1.55. The zero-order chi connectivity index (χ0) is 16.9. The van der Waals surface area contributed by atoms with Crippen molar-refractivity contribution in [1.29, 1.82) is 0 Å². The van der Waals surface area contributed by atoms with Crippen molar-refractivity contribution in [2.45, 2.75) is 6.92 Å². The van der Waals surface area contributed by atoms with Crippen molar-refractivity contribution in [1.82, 2.24) is 14.9 Å². The molecular formula is C17H21N5O2. The minimum absolute atomic E-state index is 0.121. The molecule has 0 radical (unpaired) electrons. The highest BCUT2D eigenvalue weighted by atomic mass is 16.5.